The van der Waals surface area contributed by atoms with Gasteiger partial charge in [-0.1, -0.05) is 24.3 Å². The summed E-state index contributed by atoms with van der Waals surface area (Å²) < 4.78 is 0. The molecule has 1 amide bonds. The highest BCUT2D eigenvalue weighted by Gasteiger charge is 2.36. The quantitative estimate of drug-likeness (QED) is 0.725. The predicted molar refractivity (Wildman–Crippen MR) is 67.9 cm³/mol. The molecule has 1 aliphatic heterocycles. The first-order valence-electron chi connectivity index (χ1n) is 6.65. The van der Waals surface area contributed by atoms with E-state index in [1.54, 1.807) is 0 Å². The van der Waals surface area contributed by atoms with E-state index in [9.17, 15) is 4.79 Å². The molecule has 2 aliphatic rings. The van der Waals surface area contributed by atoms with Crippen LogP contribution in [0, 0.1) is 0 Å². The number of likely N-dealkylation sites (tertiary alicyclic amines) is 1. The van der Waals surface area contributed by atoms with Crippen LogP contribution in [0.2, 0.25) is 0 Å². The highest BCUT2D eigenvalue weighted by Crippen LogP contribution is 2.37. The Hall–Kier alpha value is -1.31. The van der Waals surface area contributed by atoms with E-state index >= 15 is 0 Å². The largest absolute Gasteiger partial charge is 0.339 e. The topological polar surface area (TPSA) is 20.3 Å². The minimum atomic E-state index is 0.145. The van der Waals surface area contributed by atoms with Gasteiger partial charge in [-0.2, -0.15) is 0 Å². The van der Waals surface area contributed by atoms with Crippen molar-refractivity contribution in [2.45, 2.75) is 44.6 Å². The van der Waals surface area contributed by atoms with Crippen LogP contribution >= 0.6 is 0 Å². The fraction of sp³-hybridized carbons (Fsp3) is 0.533. The molecular formula is C15H19NO. The third-order valence-corrected chi connectivity index (χ3v) is 4.24. The molecule has 90 valence electrons. The number of carbonyl (C=O) groups is 1. The van der Waals surface area contributed by atoms with E-state index in [0.717, 1.165) is 13.0 Å². The number of fused-ring (bicyclic) bond motifs is 1. The van der Waals surface area contributed by atoms with Gasteiger partial charge >= 0.3 is 0 Å². The number of amides is 1. The van der Waals surface area contributed by atoms with Gasteiger partial charge in [0.2, 0.25) is 5.91 Å². The van der Waals surface area contributed by atoms with Crippen molar-refractivity contribution in [1.29, 1.82) is 0 Å². The molecule has 3 rings (SSSR count). The Morgan fingerprint density at radius 2 is 2.12 bits per heavy atom. The number of nitrogens with zero attached hydrogens (tertiary/aromatic N) is 1. The molecule has 1 aromatic rings. The lowest BCUT2D eigenvalue weighted by Crippen LogP contribution is -2.46. The first-order chi connectivity index (χ1) is 8.27. The zero-order chi connectivity index (χ0) is 11.8. The number of rotatable bonds is 1. The van der Waals surface area contributed by atoms with Crippen LogP contribution in [0.3, 0.4) is 0 Å². The Bertz CT molecular complexity index is 440. The molecule has 17 heavy (non-hydrogen) atoms. The molecule has 0 radical (unpaired) electrons. The van der Waals surface area contributed by atoms with Crippen molar-refractivity contribution in [3.8, 4) is 0 Å². The van der Waals surface area contributed by atoms with Gasteiger partial charge in [-0.15, -0.1) is 0 Å². The van der Waals surface area contributed by atoms with Crippen LogP contribution in [0.15, 0.2) is 24.3 Å². The average Bonchev–Trinajstić information content (AvgIpc) is 2.31. The molecule has 0 bridgehead atoms. The first kappa shape index (κ1) is 10.8. The fourth-order valence-electron chi connectivity index (χ4n) is 3.10. The van der Waals surface area contributed by atoms with Crippen LogP contribution in [-0.4, -0.2) is 23.4 Å². The van der Waals surface area contributed by atoms with Crippen LogP contribution in [0.5, 0.6) is 0 Å². The highest BCUT2D eigenvalue weighted by molar-refractivity contribution is 5.87. The summed E-state index contributed by atoms with van der Waals surface area (Å²) in [5.74, 6) is 0.502. The van der Waals surface area contributed by atoms with E-state index in [2.05, 4.69) is 30.0 Å². The standard InChI is InChI=1S/C15H19NO/c1-11-6-4-5-9-16(11)15(17)14-10-12-7-2-3-8-13(12)14/h2-3,7-8,11,14H,4-6,9-10H2,1H3/t11-,14-/m0/s1. The molecule has 0 spiro atoms. The normalized spacial score (nSPS) is 27.2. The van der Waals surface area contributed by atoms with Gasteiger partial charge in [0.15, 0.2) is 0 Å². The Balaban J connectivity index is 1.76. The molecule has 1 heterocycles. The summed E-state index contributed by atoms with van der Waals surface area (Å²) in [6, 6.07) is 8.78. The summed E-state index contributed by atoms with van der Waals surface area (Å²) in [7, 11) is 0. The fourth-order valence-corrected chi connectivity index (χ4v) is 3.10. The number of carbonyl (C=O) groups excluding carboxylic acids is 1. The lowest BCUT2D eigenvalue weighted by molar-refractivity contribution is -0.136. The second-order valence-electron chi connectivity index (χ2n) is 5.33. The summed E-state index contributed by atoms with van der Waals surface area (Å²) >= 11 is 0. The molecule has 1 aliphatic carbocycles. The Labute approximate surface area is 103 Å². The number of hydrogen-bond acceptors (Lipinski definition) is 1. The molecule has 0 aromatic heterocycles. The third kappa shape index (κ3) is 1.76. The van der Waals surface area contributed by atoms with Gasteiger partial charge in [0, 0.05) is 12.6 Å². The summed E-state index contributed by atoms with van der Waals surface area (Å²) in [5, 5.41) is 0. The van der Waals surface area contributed by atoms with E-state index in [1.807, 2.05) is 6.07 Å². The minimum absolute atomic E-state index is 0.145. The molecular weight excluding hydrogens is 210 g/mol. The van der Waals surface area contributed by atoms with E-state index < -0.39 is 0 Å². The van der Waals surface area contributed by atoms with Gasteiger partial charge in [-0.05, 0) is 43.7 Å². The third-order valence-electron chi connectivity index (χ3n) is 4.24. The van der Waals surface area contributed by atoms with Gasteiger partial charge in [0.05, 0.1) is 5.92 Å². The molecule has 2 atom stereocenters. The lowest BCUT2D eigenvalue weighted by Gasteiger charge is -2.39. The Morgan fingerprint density at radius 3 is 2.88 bits per heavy atom. The van der Waals surface area contributed by atoms with Crippen molar-refractivity contribution in [2.24, 2.45) is 0 Å². The van der Waals surface area contributed by atoms with Crippen molar-refractivity contribution in [1.82, 2.24) is 4.90 Å². The van der Waals surface area contributed by atoms with Crippen LogP contribution in [0.25, 0.3) is 0 Å². The van der Waals surface area contributed by atoms with Crippen molar-refractivity contribution >= 4 is 5.91 Å². The number of hydrogen-bond donors (Lipinski definition) is 0. The average molecular weight is 229 g/mol. The molecule has 1 fully saturated rings. The van der Waals surface area contributed by atoms with E-state index in [1.165, 1.54) is 30.4 Å². The van der Waals surface area contributed by atoms with Crippen molar-refractivity contribution in [3.05, 3.63) is 35.4 Å². The minimum Gasteiger partial charge on any atom is -0.339 e. The van der Waals surface area contributed by atoms with E-state index in [-0.39, 0.29) is 5.92 Å². The van der Waals surface area contributed by atoms with Crippen molar-refractivity contribution in [3.63, 3.8) is 0 Å². The molecule has 1 saturated heterocycles. The Kier molecular flexibility index (Phi) is 2.65. The van der Waals surface area contributed by atoms with E-state index in [4.69, 9.17) is 0 Å². The van der Waals surface area contributed by atoms with Crippen LogP contribution in [0.1, 0.15) is 43.2 Å². The second-order valence-corrected chi connectivity index (χ2v) is 5.33. The van der Waals surface area contributed by atoms with E-state index in [0.29, 0.717) is 11.9 Å². The van der Waals surface area contributed by atoms with Crippen molar-refractivity contribution in [2.75, 3.05) is 6.54 Å². The maximum atomic E-state index is 12.5. The number of benzene rings is 1. The van der Waals surface area contributed by atoms with Gasteiger partial charge in [0.1, 0.15) is 0 Å². The lowest BCUT2D eigenvalue weighted by atomic mass is 9.76. The molecule has 1 aromatic carbocycles. The summed E-state index contributed by atoms with van der Waals surface area (Å²) in [5.41, 5.74) is 2.62. The van der Waals surface area contributed by atoms with Gasteiger partial charge in [-0.3, -0.25) is 4.79 Å². The Morgan fingerprint density at radius 1 is 1.29 bits per heavy atom. The SMILES string of the molecule is C[C@H]1CCCCN1C(=O)[C@H]1Cc2ccccc21. The van der Waals surface area contributed by atoms with Gasteiger partial charge in [-0.25, -0.2) is 0 Å². The zero-order valence-corrected chi connectivity index (χ0v) is 10.4. The first-order valence-corrected chi connectivity index (χ1v) is 6.65. The van der Waals surface area contributed by atoms with Crippen LogP contribution < -0.4 is 0 Å². The maximum Gasteiger partial charge on any atom is 0.230 e. The monoisotopic (exact) mass is 229 g/mol. The molecule has 2 heteroatoms. The van der Waals surface area contributed by atoms with Crippen LogP contribution in [-0.2, 0) is 11.2 Å². The molecule has 0 unspecified atom stereocenters. The maximum absolute atomic E-state index is 12.5. The van der Waals surface area contributed by atoms with Gasteiger partial charge < -0.3 is 4.90 Å². The molecule has 2 nitrogen and oxygen atoms in total. The van der Waals surface area contributed by atoms with Gasteiger partial charge in [0.25, 0.3) is 0 Å². The van der Waals surface area contributed by atoms with Crippen LogP contribution in [0.4, 0.5) is 0 Å². The summed E-state index contributed by atoms with van der Waals surface area (Å²) in [6.07, 6.45) is 4.55. The number of piperidine rings is 1. The highest BCUT2D eigenvalue weighted by atomic mass is 16.2. The zero-order valence-electron chi connectivity index (χ0n) is 10.4. The smallest absolute Gasteiger partial charge is 0.230 e. The molecule has 0 saturated carbocycles. The van der Waals surface area contributed by atoms with Crippen molar-refractivity contribution < 1.29 is 4.79 Å². The molecule has 0 N–H and O–H groups in total. The summed E-state index contributed by atoms with van der Waals surface area (Å²) in [4.78, 5) is 14.6. The summed E-state index contributed by atoms with van der Waals surface area (Å²) in [6.45, 7) is 3.14. The predicted octanol–water partition coefficient (Wildman–Crippen LogP) is 2.73. The second kappa shape index (κ2) is 4.17.